The van der Waals surface area contributed by atoms with Crippen LogP contribution < -0.4 is 14.8 Å². The van der Waals surface area contributed by atoms with Crippen LogP contribution in [0.25, 0.3) is 0 Å². The molecule has 10 heteroatoms. The van der Waals surface area contributed by atoms with Gasteiger partial charge in [0.25, 0.3) is 5.69 Å². The first-order chi connectivity index (χ1) is 13.9. The van der Waals surface area contributed by atoms with E-state index in [0.717, 1.165) is 11.3 Å². The van der Waals surface area contributed by atoms with Gasteiger partial charge in [0.15, 0.2) is 11.5 Å². The van der Waals surface area contributed by atoms with Crippen molar-refractivity contribution in [3.8, 4) is 11.5 Å². The number of nitrogens with zero attached hydrogens (tertiary/aromatic N) is 2. The van der Waals surface area contributed by atoms with Crippen molar-refractivity contribution in [1.29, 1.82) is 0 Å². The van der Waals surface area contributed by atoms with E-state index in [2.05, 4.69) is 5.32 Å². The molecule has 0 bridgehead atoms. The highest BCUT2D eigenvalue weighted by Gasteiger charge is 2.29. The molecule has 0 unspecified atom stereocenters. The van der Waals surface area contributed by atoms with Gasteiger partial charge < -0.3 is 14.8 Å². The minimum Gasteiger partial charge on any atom is -0.490 e. The molecule has 0 aromatic heterocycles. The second-order valence-electron chi connectivity index (χ2n) is 6.51. The molecule has 10 nitrogen and oxygen atoms in total. The number of hydrogen-bond donors (Lipinski definition) is 1. The number of carbonyl (C=O) groups excluding carboxylic acids is 3. The van der Waals surface area contributed by atoms with Crippen molar-refractivity contribution in [2.45, 2.75) is 46.0 Å². The molecule has 1 aliphatic heterocycles. The van der Waals surface area contributed by atoms with Crippen molar-refractivity contribution >= 4 is 29.1 Å². The minimum absolute atomic E-state index is 0.0333. The number of benzene rings is 1. The third-order valence-electron chi connectivity index (χ3n) is 4.17. The van der Waals surface area contributed by atoms with Gasteiger partial charge in [0.1, 0.15) is 5.69 Å². The molecule has 0 aliphatic carbocycles. The predicted octanol–water partition coefficient (Wildman–Crippen LogP) is 2.65. The molecule has 1 saturated heterocycles. The van der Waals surface area contributed by atoms with E-state index in [9.17, 15) is 24.5 Å². The Balaban J connectivity index is 2.17. The minimum atomic E-state index is -0.620. The fraction of sp³-hybridized carbons (Fsp3) is 0.526. The van der Waals surface area contributed by atoms with Gasteiger partial charge in [-0.1, -0.05) is 13.8 Å². The Morgan fingerprint density at radius 3 is 2.17 bits per heavy atom. The zero-order valence-electron chi connectivity index (χ0n) is 16.6. The van der Waals surface area contributed by atoms with Gasteiger partial charge in [-0.25, -0.2) is 0 Å². The van der Waals surface area contributed by atoms with E-state index in [1.54, 1.807) is 0 Å². The second kappa shape index (κ2) is 10.4. The van der Waals surface area contributed by atoms with Crippen LogP contribution in [0.15, 0.2) is 12.1 Å². The zero-order chi connectivity index (χ0) is 21.4. The maximum absolute atomic E-state index is 12.3. The monoisotopic (exact) mass is 407 g/mol. The van der Waals surface area contributed by atoms with Crippen molar-refractivity contribution in [3.05, 3.63) is 22.2 Å². The van der Waals surface area contributed by atoms with Gasteiger partial charge in [-0.3, -0.25) is 29.4 Å². The average molecular weight is 407 g/mol. The Labute approximate surface area is 168 Å². The first-order valence-electron chi connectivity index (χ1n) is 9.58. The van der Waals surface area contributed by atoms with Crippen LogP contribution in [-0.2, 0) is 14.4 Å². The number of carbonyl (C=O) groups is 3. The quantitative estimate of drug-likeness (QED) is 0.339. The van der Waals surface area contributed by atoms with E-state index in [1.165, 1.54) is 12.1 Å². The number of imide groups is 1. The van der Waals surface area contributed by atoms with Crippen molar-refractivity contribution in [1.82, 2.24) is 4.90 Å². The molecule has 1 aromatic rings. The Kier molecular flexibility index (Phi) is 7.93. The summed E-state index contributed by atoms with van der Waals surface area (Å²) in [6, 6.07) is 2.59. The maximum Gasteiger partial charge on any atom is 0.296 e. The number of ether oxygens (including phenoxy) is 2. The van der Waals surface area contributed by atoms with Crippen LogP contribution in [0.1, 0.15) is 46.0 Å². The lowest BCUT2D eigenvalue weighted by atomic mass is 10.2. The van der Waals surface area contributed by atoms with Gasteiger partial charge in [-0.15, -0.1) is 0 Å². The summed E-state index contributed by atoms with van der Waals surface area (Å²) in [5, 5.41) is 13.9. The third kappa shape index (κ3) is 5.90. The lowest BCUT2D eigenvalue weighted by Crippen LogP contribution is -2.32. The SMILES string of the molecule is CCCOc1cc(NC(=O)CCN2C(=O)CCC2=O)c([N+](=O)[O-])cc1OCCC. The van der Waals surface area contributed by atoms with E-state index >= 15 is 0 Å². The van der Waals surface area contributed by atoms with E-state index < -0.39 is 10.8 Å². The van der Waals surface area contributed by atoms with Crippen molar-refractivity contribution in [3.63, 3.8) is 0 Å². The Hall–Kier alpha value is -3.17. The molecular weight excluding hydrogens is 382 g/mol. The highest BCUT2D eigenvalue weighted by atomic mass is 16.6. The number of anilines is 1. The topological polar surface area (TPSA) is 128 Å². The fourth-order valence-corrected chi connectivity index (χ4v) is 2.75. The number of amides is 3. The number of likely N-dealkylation sites (tertiary alicyclic amines) is 1. The molecule has 158 valence electrons. The summed E-state index contributed by atoms with van der Waals surface area (Å²) in [5.41, 5.74) is -0.365. The van der Waals surface area contributed by atoms with Gasteiger partial charge >= 0.3 is 0 Å². The van der Waals surface area contributed by atoms with Gasteiger partial charge in [0, 0.05) is 31.9 Å². The van der Waals surface area contributed by atoms with Crippen LogP contribution in [0, 0.1) is 10.1 Å². The molecule has 0 saturated carbocycles. The number of nitrogens with one attached hydrogen (secondary N) is 1. The summed E-state index contributed by atoms with van der Waals surface area (Å²) in [6.45, 7) is 4.51. The van der Waals surface area contributed by atoms with E-state index in [4.69, 9.17) is 9.47 Å². The molecule has 1 aromatic carbocycles. The maximum atomic E-state index is 12.3. The van der Waals surface area contributed by atoms with Crippen LogP contribution in [0.5, 0.6) is 11.5 Å². The third-order valence-corrected chi connectivity index (χ3v) is 4.17. The van der Waals surface area contributed by atoms with E-state index in [1.807, 2.05) is 13.8 Å². The summed E-state index contributed by atoms with van der Waals surface area (Å²) < 4.78 is 11.2. The molecule has 3 amide bonds. The van der Waals surface area contributed by atoms with E-state index in [-0.39, 0.29) is 54.7 Å². The van der Waals surface area contributed by atoms with Gasteiger partial charge in [0.2, 0.25) is 17.7 Å². The normalized spacial score (nSPS) is 13.5. The van der Waals surface area contributed by atoms with Crippen LogP contribution in [0.4, 0.5) is 11.4 Å². The molecule has 1 fully saturated rings. The molecule has 1 heterocycles. The molecule has 0 atom stereocenters. The fourth-order valence-electron chi connectivity index (χ4n) is 2.75. The van der Waals surface area contributed by atoms with Gasteiger partial charge in [0.05, 0.1) is 24.2 Å². The van der Waals surface area contributed by atoms with E-state index in [0.29, 0.717) is 25.4 Å². The van der Waals surface area contributed by atoms with Crippen LogP contribution in [0.2, 0.25) is 0 Å². The Bertz CT molecular complexity index is 778. The largest absolute Gasteiger partial charge is 0.490 e. The second-order valence-corrected chi connectivity index (χ2v) is 6.51. The van der Waals surface area contributed by atoms with Gasteiger partial charge in [-0.05, 0) is 12.8 Å². The first-order valence-corrected chi connectivity index (χ1v) is 9.58. The van der Waals surface area contributed by atoms with Crippen molar-refractivity contribution in [2.75, 3.05) is 25.1 Å². The lowest BCUT2D eigenvalue weighted by molar-refractivity contribution is -0.384. The predicted molar refractivity (Wildman–Crippen MR) is 104 cm³/mol. The standard InChI is InChI=1S/C19H25N3O7/c1-3-9-28-15-11-13(14(22(26)27)12-16(15)29-10-4-2)20-17(23)7-8-21-18(24)5-6-19(21)25/h11-12H,3-10H2,1-2H3,(H,20,23). The number of hydrogen-bond acceptors (Lipinski definition) is 7. The summed E-state index contributed by atoms with van der Waals surface area (Å²) in [6.07, 6.45) is 1.57. The summed E-state index contributed by atoms with van der Waals surface area (Å²) >= 11 is 0. The summed E-state index contributed by atoms with van der Waals surface area (Å²) in [7, 11) is 0. The smallest absolute Gasteiger partial charge is 0.296 e. The van der Waals surface area contributed by atoms with Crippen LogP contribution >= 0.6 is 0 Å². The molecule has 1 aliphatic rings. The molecule has 1 N–H and O–H groups in total. The molecule has 0 radical (unpaired) electrons. The molecular formula is C19H25N3O7. The zero-order valence-corrected chi connectivity index (χ0v) is 16.6. The summed E-state index contributed by atoms with van der Waals surface area (Å²) in [4.78, 5) is 47.4. The van der Waals surface area contributed by atoms with Crippen molar-refractivity contribution in [2.24, 2.45) is 0 Å². The average Bonchev–Trinajstić information content (AvgIpc) is 3.01. The molecule has 2 rings (SSSR count). The number of nitro benzene ring substituents is 1. The first kappa shape index (κ1) is 22.1. The lowest BCUT2D eigenvalue weighted by Gasteiger charge is -2.15. The van der Waals surface area contributed by atoms with Crippen molar-refractivity contribution < 1.29 is 28.8 Å². The number of rotatable bonds is 11. The Morgan fingerprint density at radius 1 is 1.10 bits per heavy atom. The van der Waals surface area contributed by atoms with Crippen LogP contribution in [0.3, 0.4) is 0 Å². The van der Waals surface area contributed by atoms with Gasteiger partial charge in [-0.2, -0.15) is 0 Å². The van der Waals surface area contributed by atoms with Crippen LogP contribution in [-0.4, -0.2) is 47.3 Å². The molecule has 0 spiro atoms. The molecule has 29 heavy (non-hydrogen) atoms. The summed E-state index contributed by atoms with van der Waals surface area (Å²) in [5.74, 6) is -0.656. The highest BCUT2D eigenvalue weighted by molar-refractivity contribution is 6.02. The number of nitro groups is 1. The Morgan fingerprint density at radius 2 is 1.66 bits per heavy atom. The highest BCUT2D eigenvalue weighted by Crippen LogP contribution is 2.38.